The molecule has 9 nitrogen and oxygen atoms in total. The van der Waals surface area contributed by atoms with Crippen molar-refractivity contribution >= 4 is 23.8 Å². The van der Waals surface area contributed by atoms with Crippen molar-refractivity contribution in [1.29, 1.82) is 0 Å². The molecule has 1 saturated carbocycles. The predicted octanol–water partition coefficient (Wildman–Crippen LogP) is 4.74. The van der Waals surface area contributed by atoms with Crippen LogP contribution in [0, 0.1) is 11.8 Å². The number of likely N-dealkylation sites (tertiary alicyclic amines) is 1. The van der Waals surface area contributed by atoms with Crippen molar-refractivity contribution in [3.63, 3.8) is 0 Å². The molecule has 3 aliphatic rings. The number of hydrogen-bond acceptors (Lipinski definition) is 5. The highest BCUT2D eigenvalue weighted by Crippen LogP contribution is 2.41. The maximum absolute atomic E-state index is 14.3. The lowest BCUT2D eigenvalue weighted by molar-refractivity contribution is -0.145. The first kappa shape index (κ1) is 31.8. The van der Waals surface area contributed by atoms with Crippen LogP contribution in [0.3, 0.4) is 0 Å². The van der Waals surface area contributed by atoms with Gasteiger partial charge in [-0.2, -0.15) is 0 Å². The molecule has 42 heavy (non-hydrogen) atoms. The molecule has 0 spiro atoms. The minimum absolute atomic E-state index is 0.0133. The number of ether oxygens (including phenoxy) is 1. The quantitative estimate of drug-likeness (QED) is 0.483. The molecule has 4 rings (SSSR count). The average molecular weight is 583 g/mol. The third-order valence-electron chi connectivity index (χ3n) is 9.20. The third-order valence-corrected chi connectivity index (χ3v) is 9.20. The van der Waals surface area contributed by atoms with E-state index in [1.807, 2.05) is 26.0 Å². The van der Waals surface area contributed by atoms with Gasteiger partial charge in [0.25, 0.3) is 0 Å². The average Bonchev–Trinajstić information content (AvgIpc) is 3.33. The maximum Gasteiger partial charge on any atom is 0.410 e. The van der Waals surface area contributed by atoms with Crippen LogP contribution in [0.15, 0.2) is 24.3 Å². The molecule has 0 bridgehead atoms. The van der Waals surface area contributed by atoms with Crippen LogP contribution >= 0.6 is 0 Å². The highest BCUT2D eigenvalue weighted by Gasteiger charge is 2.49. The van der Waals surface area contributed by atoms with Crippen LogP contribution in [0.2, 0.25) is 0 Å². The third kappa shape index (κ3) is 7.09. The maximum atomic E-state index is 14.3. The topological polar surface area (TPSA) is 108 Å². The van der Waals surface area contributed by atoms with Crippen molar-refractivity contribution in [2.75, 3.05) is 7.05 Å². The van der Waals surface area contributed by atoms with Gasteiger partial charge >= 0.3 is 6.09 Å². The number of nitrogens with zero attached hydrogens (tertiary/aromatic N) is 2. The molecule has 9 heteroatoms. The highest BCUT2D eigenvalue weighted by molar-refractivity contribution is 5.94. The van der Waals surface area contributed by atoms with Crippen molar-refractivity contribution in [3.05, 3.63) is 35.4 Å². The SMILES string of the molecule is CC(C)C(NC(=O)C(C)N(C)C(=O)OC(C)(C)C)C(=O)N1C(C(=O)NC2CCCc3ccccc32)CC2CCCCC21. The summed E-state index contributed by atoms with van der Waals surface area (Å²) >= 11 is 0. The monoisotopic (exact) mass is 582 g/mol. The molecule has 1 heterocycles. The minimum Gasteiger partial charge on any atom is -0.444 e. The molecule has 1 aliphatic heterocycles. The van der Waals surface area contributed by atoms with E-state index in [2.05, 4.69) is 22.8 Å². The van der Waals surface area contributed by atoms with Crippen LogP contribution < -0.4 is 10.6 Å². The summed E-state index contributed by atoms with van der Waals surface area (Å²) in [5, 5.41) is 6.24. The van der Waals surface area contributed by atoms with E-state index in [1.165, 1.54) is 23.1 Å². The van der Waals surface area contributed by atoms with Gasteiger partial charge in [-0.05, 0) is 89.2 Å². The van der Waals surface area contributed by atoms with Gasteiger partial charge < -0.3 is 20.3 Å². The second-order valence-electron chi connectivity index (χ2n) is 13.8. The van der Waals surface area contributed by atoms with E-state index in [-0.39, 0.29) is 35.7 Å². The Morgan fingerprint density at radius 3 is 2.38 bits per heavy atom. The largest absolute Gasteiger partial charge is 0.444 e. The van der Waals surface area contributed by atoms with E-state index in [9.17, 15) is 19.2 Å². The summed E-state index contributed by atoms with van der Waals surface area (Å²) in [7, 11) is 1.52. The van der Waals surface area contributed by atoms with E-state index >= 15 is 0 Å². The lowest BCUT2D eigenvalue weighted by Gasteiger charge is -2.38. The zero-order valence-corrected chi connectivity index (χ0v) is 26.4. The second-order valence-corrected chi connectivity index (χ2v) is 13.8. The Hall–Kier alpha value is -3.10. The number of amides is 4. The summed E-state index contributed by atoms with van der Waals surface area (Å²) in [6.45, 7) is 10.7. The van der Waals surface area contributed by atoms with Gasteiger partial charge in [-0.15, -0.1) is 0 Å². The van der Waals surface area contributed by atoms with Gasteiger partial charge in [0.1, 0.15) is 23.7 Å². The molecular weight excluding hydrogens is 532 g/mol. The summed E-state index contributed by atoms with van der Waals surface area (Å²) in [6, 6.07) is 5.96. The molecule has 0 radical (unpaired) electrons. The number of rotatable bonds is 7. The Labute approximate surface area is 251 Å². The number of hydrogen-bond donors (Lipinski definition) is 2. The fraction of sp³-hybridized carbons (Fsp3) is 0.697. The molecule has 2 aliphatic carbocycles. The molecule has 1 aromatic rings. The Morgan fingerprint density at radius 1 is 1.00 bits per heavy atom. The highest BCUT2D eigenvalue weighted by atomic mass is 16.6. The summed E-state index contributed by atoms with van der Waals surface area (Å²) in [5.41, 5.74) is 1.75. The number of benzene rings is 1. The van der Waals surface area contributed by atoms with E-state index < -0.39 is 35.7 Å². The number of likely N-dealkylation sites (N-methyl/N-ethyl adjacent to an activating group) is 1. The Balaban J connectivity index is 1.52. The Kier molecular flexibility index (Phi) is 9.88. The molecule has 2 N–H and O–H groups in total. The van der Waals surface area contributed by atoms with Crippen LogP contribution in [0.5, 0.6) is 0 Å². The predicted molar refractivity (Wildman–Crippen MR) is 161 cm³/mol. The van der Waals surface area contributed by atoms with Gasteiger partial charge in [0.15, 0.2) is 0 Å². The van der Waals surface area contributed by atoms with Gasteiger partial charge in [0, 0.05) is 13.1 Å². The molecule has 0 aromatic heterocycles. The van der Waals surface area contributed by atoms with E-state index in [0.29, 0.717) is 6.42 Å². The van der Waals surface area contributed by atoms with Crippen LogP contribution in [0.25, 0.3) is 0 Å². The molecule has 232 valence electrons. The molecular formula is C33H50N4O5. The summed E-state index contributed by atoms with van der Waals surface area (Å²) < 4.78 is 5.42. The molecule has 1 saturated heterocycles. The minimum atomic E-state index is -0.847. The fourth-order valence-electron chi connectivity index (χ4n) is 6.80. The van der Waals surface area contributed by atoms with Crippen molar-refractivity contribution in [2.24, 2.45) is 11.8 Å². The number of nitrogens with one attached hydrogen (secondary N) is 2. The standard InChI is InChI=1S/C33H50N4O5/c1-20(2)28(35-29(38)21(3)36(7)32(41)42-33(4,5)6)31(40)37-26-18-11-9-14-23(26)19-27(37)30(39)34-25-17-12-15-22-13-8-10-16-24(22)25/h8,10,13,16,20-21,23,25-28H,9,11-12,14-15,17-19H2,1-7H3,(H,34,39)(H,35,38). The van der Waals surface area contributed by atoms with Crippen molar-refractivity contribution in [2.45, 2.75) is 129 Å². The zero-order valence-electron chi connectivity index (χ0n) is 26.4. The summed E-state index contributed by atoms with van der Waals surface area (Å²) in [4.78, 5) is 57.2. The molecule has 1 aromatic carbocycles. The first-order chi connectivity index (χ1) is 19.8. The van der Waals surface area contributed by atoms with Crippen molar-refractivity contribution in [3.8, 4) is 0 Å². The van der Waals surface area contributed by atoms with Crippen molar-refractivity contribution in [1.82, 2.24) is 20.4 Å². The van der Waals surface area contributed by atoms with E-state index in [0.717, 1.165) is 44.9 Å². The van der Waals surface area contributed by atoms with Gasteiger partial charge in [0.05, 0.1) is 6.04 Å². The summed E-state index contributed by atoms with van der Waals surface area (Å²) in [5.74, 6) is -0.695. The van der Waals surface area contributed by atoms with Gasteiger partial charge in [-0.25, -0.2) is 4.79 Å². The van der Waals surface area contributed by atoms with Gasteiger partial charge in [-0.3, -0.25) is 19.3 Å². The smallest absolute Gasteiger partial charge is 0.410 e. The van der Waals surface area contributed by atoms with Crippen molar-refractivity contribution < 1.29 is 23.9 Å². The van der Waals surface area contributed by atoms with Gasteiger partial charge in [-0.1, -0.05) is 51.0 Å². The summed E-state index contributed by atoms with van der Waals surface area (Å²) in [6.07, 6.45) is 6.93. The Morgan fingerprint density at radius 2 is 1.69 bits per heavy atom. The number of carbonyl (C=O) groups excluding carboxylic acids is 4. The van der Waals surface area contributed by atoms with Crippen LogP contribution in [-0.2, 0) is 25.5 Å². The van der Waals surface area contributed by atoms with Crippen LogP contribution in [0.1, 0.15) is 104 Å². The second kappa shape index (κ2) is 13.0. The number of carbonyl (C=O) groups is 4. The molecule has 4 amide bonds. The molecule has 6 unspecified atom stereocenters. The van der Waals surface area contributed by atoms with E-state index in [1.54, 1.807) is 32.6 Å². The zero-order chi connectivity index (χ0) is 30.8. The normalized spacial score (nSPS) is 25.1. The molecule has 2 fully saturated rings. The number of aryl methyl sites for hydroxylation is 1. The lowest BCUT2D eigenvalue weighted by atomic mass is 9.84. The lowest BCUT2D eigenvalue weighted by Crippen LogP contribution is -2.59. The fourth-order valence-corrected chi connectivity index (χ4v) is 6.80. The first-order valence-corrected chi connectivity index (χ1v) is 15.7. The van der Waals surface area contributed by atoms with Crippen LogP contribution in [-0.4, -0.2) is 70.4 Å². The first-order valence-electron chi connectivity index (χ1n) is 15.7. The van der Waals surface area contributed by atoms with Crippen LogP contribution in [0.4, 0.5) is 4.79 Å². The molecule has 6 atom stereocenters. The number of fused-ring (bicyclic) bond motifs is 2. The Bertz CT molecular complexity index is 1160. The van der Waals surface area contributed by atoms with E-state index in [4.69, 9.17) is 4.74 Å². The van der Waals surface area contributed by atoms with Gasteiger partial charge in [0.2, 0.25) is 17.7 Å².